The number of carbonyl (C=O) groups is 1. The van der Waals surface area contributed by atoms with Crippen molar-refractivity contribution in [1.82, 2.24) is 14.5 Å². The summed E-state index contributed by atoms with van der Waals surface area (Å²) < 4.78 is 41.3. The number of hydrogen-bond acceptors (Lipinski definition) is 4. The average Bonchev–Trinajstić information content (AvgIpc) is 3.28. The molecule has 0 saturated heterocycles. The second-order valence-corrected chi connectivity index (χ2v) is 9.06. The van der Waals surface area contributed by atoms with Crippen molar-refractivity contribution in [2.75, 3.05) is 10.6 Å². The molecule has 0 bridgehead atoms. The van der Waals surface area contributed by atoms with Crippen molar-refractivity contribution in [2.45, 2.75) is 19.3 Å². The first-order valence-electron chi connectivity index (χ1n) is 12.1. The van der Waals surface area contributed by atoms with Crippen LogP contribution in [0.2, 0.25) is 0 Å². The largest absolute Gasteiger partial charge is 0.353 e. The van der Waals surface area contributed by atoms with Crippen LogP contribution in [-0.4, -0.2) is 26.9 Å². The van der Waals surface area contributed by atoms with Crippen molar-refractivity contribution < 1.29 is 18.0 Å². The summed E-state index contributed by atoms with van der Waals surface area (Å²) in [5.41, 5.74) is 3.05. The highest BCUT2D eigenvalue weighted by atomic mass is 19.3. The van der Waals surface area contributed by atoms with Crippen LogP contribution in [0.15, 0.2) is 83.9 Å². The first-order chi connectivity index (χ1) is 18.8. The third kappa shape index (κ3) is 5.69. The Hall–Kier alpha value is -4.86. The van der Waals surface area contributed by atoms with Gasteiger partial charge < -0.3 is 20.2 Å². The van der Waals surface area contributed by atoms with Gasteiger partial charge in [-0.3, -0.25) is 9.59 Å². The van der Waals surface area contributed by atoms with E-state index >= 15 is 0 Å². The zero-order valence-electron chi connectivity index (χ0n) is 20.8. The highest BCUT2D eigenvalue weighted by molar-refractivity contribution is 6.04. The molecule has 0 atom stereocenters. The molecular formula is C29H24F3N5O2. The number of para-hydroxylation sites is 1. The number of halogens is 3. The molecule has 0 saturated carbocycles. The van der Waals surface area contributed by atoms with Gasteiger partial charge in [-0.05, 0) is 47.5 Å². The number of rotatable bonds is 8. The summed E-state index contributed by atoms with van der Waals surface area (Å²) in [5, 5.41) is 6.25. The lowest BCUT2D eigenvalue weighted by atomic mass is 10.1. The van der Waals surface area contributed by atoms with Crippen LogP contribution in [0.4, 0.5) is 30.4 Å². The number of pyridine rings is 2. The predicted octanol–water partition coefficient (Wildman–Crippen LogP) is 5.80. The zero-order valence-corrected chi connectivity index (χ0v) is 20.8. The number of aromatic amines is 1. The molecule has 5 rings (SSSR count). The van der Waals surface area contributed by atoms with Crippen LogP contribution in [-0.2, 0) is 24.7 Å². The smallest absolute Gasteiger partial charge is 0.261 e. The van der Waals surface area contributed by atoms with Gasteiger partial charge in [0.1, 0.15) is 11.6 Å². The van der Waals surface area contributed by atoms with Gasteiger partial charge in [0.25, 0.3) is 5.56 Å². The van der Waals surface area contributed by atoms with Crippen LogP contribution in [0.1, 0.15) is 11.1 Å². The van der Waals surface area contributed by atoms with Gasteiger partial charge in [0, 0.05) is 37.1 Å². The molecule has 3 heterocycles. The third-order valence-corrected chi connectivity index (χ3v) is 6.22. The van der Waals surface area contributed by atoms with Crippen LogP contribution in [0, 0.1) is 5.82 Å². The summed E-state index contributed by atoms with van der Waals surface area (Å²) in [4.78, 5) is 33.3. The molecule has 0 unspecified atom stereocenters. The molecule has 198 valence electrons. The second kappa shape index (κ2) is 10.9. The Kier molecular flexibility index (Phi) is 7.18. The lowest BCUT2D eigenvalue weighted by Crippen LogP contribution is -2.18. The Morgan fingerprint density at radius 2 is 1.82 bits per heavy atom. The number of carbonyl (C=O) groups excluding carboxylic acids is 1. The van der Waals surface area contributed by atoms with E-state index in [1.165, 1.54) is 48.3 Å². The Balaban J connectivity index is 1.57. The number of amides is 1. The topological polar surface area (TPSA) is 91.8 Å². The lowest BCUT2D eigenvalue weighted by Gasteiger charge is -2.11. The molecule has 1 amide bonds. The maximum absolute atomic E-state index is 13.4. The maximum atomic E-state index is 13.4. The normalized spacial score (nSPS) is 11.2. The van der Waals surface area contributed by atoms with Gasteiger partial charge in [-0.25, -0.2) is 18.2 Å². The Labute approximate surface area is 221 Å². The molecule has 0 aliphatic heterocycles. The van der Waals surface area contributed by atoms with Gasteiger partial charge in [-0.2, -0.15) is 0 Å². The van der Waals surface area contributed by atoms with E-state index < -0.39 is 18.7 Å². The molecule has 0 aliphatic carbocycles. The quantitative estimate of drug-likeness (QED) is 0.236. The first-order valence-corrected chi connectivity index (χ1v) is 12.1. The van der Waals surface area contributed by atoms with E-state index in [0.717, 1.165) is 0 Å². The lowest BCUT2D eigenvalue weighted by molar-refractivity contribution is -0.115. The molecule has 2 aromatic carbocycles. The molecule has 0 spiro atoms. The summed E-state index contributed by atoms with van der Waals surface area (Å²) >= 11 is 0. The van der Waals surface area contributed by atoms with Crippen molar-refractivity contribution in [3.05, 3.63) is 106 Å². The van der Waals surface area contributed by atoms with Crippen LogP contribution in [0.5, 0.6) is 0 Å². The maximum Gasteiger partial charge on any atom is 0.261 e. The van der Waals surface area contributed by atoms with Gasteiger partial charge in [-0.1, -0.05) is 30.3 Å². The third-order valence-electron chi connectivity index (χ3n) is 6.22. The summed E-state index contributed by atoms with van der Waals surface area (Å²) in [6.45, 7) is 0. The van der Waals surface area contributed by atoms with Crippen LogP contribution in [0.3, 0.4) is 0 Å². The molecule has 0 aliphatic rings. The van der Waals surface area contributed by atoms with E-state index in [2.05, 4.69) is 20.6 Å². The van der Waals surface area contributed by atoms with E-state index in [1.807, 2.05) is 30.3 Å². The summed E-state index contributed by atoms with van der Waals surface area (Å²) in [6.07, 6.45) is -0.203. The van der Waals surface area contributed by atoms with Crippen LogP contribution in [0.25, 0.3) is 22.2 Å². The van der Waals surface area contributed by atoms with Crippen molar-refractivity contribution in [1.29, 1.82) is 0 Å². The molecule has 0 radical (unpaired) electrons. The van der Waals surface area contributed by atoms with E-state index in [4.69, 9.17) is 0 Å². The van der Waals surface area contributed by atoms with Crippen molar-refractivity contribution in [3.8, 4) is 11.3 Å². The molecule has 10 heteroatoms. The molecule has 3 N–H and O–H groups in total. The fraction of sp³-hybridized carbons (Fsp3) is 0.138. The number of anilines is 3. The molecule has 5 aromatic rings. The fourth-order valence-electron chi connectivity index (χ4n) is 4.45. The fourth-order valence-corrected chi connectivity index (χ4v) is 4.45. The van der Waals surface area contributed by atoms with Gasteiger partial charge >= 0.3 is 0 Å². The van der Waals surface area contributed by atoms with Gasteiger partial charge in [0.05, 0.1) is 28.7 Å². The molecular weight excluding hydrogens is 507 g/mol. The summed E-state index contributed by atoms with van der Waals surface area (Å²) in [7, 11) is 1.52. The number of fused-ring (bicyclic) bond motifs is 1. The van der Waals surface area contributed by atoms with E-state index in [1.54, 1.807) is 12.1 Å². The van der Waals surface area contributed by atoms with Crippen LogP contribution < -0.4 is 16.2 Å². The number of H-pyrrole nitrogens is 1. The number of benzene rings is 2. The minimum absolute atomic E-state index is 0.0203. The van der Waals surface area contributed by atoms with Crippen molar-refractivity contribution in [3.63, 3.8) is 0 Å². The van der Waals surface area contributed by atoms with E-state index in [-0.39, 0.29) is 29.1 Å². The number of hydrogen-bond donors (Lipinski definition) is 3. The molecule has 7 nitrogen and oxygen atoms in total. The number of alkyl halides is 2. The second-order valence-electron chi connectivity index (χ2n) is 9.06. The molecule has 39 heavy (non-hydrogen) atoms. The summed E-state index contributed by atoms with van der Waals surface area (Å²) in [6, 6.07) is 18.1. The van der Waals surface area contributed by atoms with Crippen molar-refractivity contribution in [2.24, 2.45) is 7.05 Å². The monoisotopic (exact) mass is 531 g/mol. The standard InChI is InChI=1S/C29H24F3N5O2/c1-37-16-19(14-22(31)32)26-25(29(37)39)28(34-21-5-3-2-4-6-21)27(36-26)18-11-12-33-23(15-18)35-24(38)13-17-7-9-20(30)10-8-17/h2-12,15-16,22,34,36H,13-14H2,1H3,(H,33,35,38). The van der Waals surface area contributed by atoms with E-state index in [0.29, 0.717) is 39.3 Å². The highest BCUT2D eigenvalue weighted by Crippen LogP contribution is 2.37. The number of nitrogens with zero attached hydrogens (tertiary/aromatic N) is 2. The van der Waals surface area contributed by atoms with E-state index in [9.17, 15) is 22.8 Å². The molecule has 0 fully saturated rings. The Morgan fingerprint density at radius 3 is 2.54 bits per heavy atom. The Morgan fingerprint density at radius 1 is 1.08 bits per heavy atom. The summed E-state index contributed by atoms with van der Waals surface area (Å²) in [5.74, 6) is -0.485. The number of aryl methyl sites for hydroxylation is 1. The van der Waals surface area contributed by atoms with Gasteiger partial charge in [0.2, 0.25) is 12.3 Å². The van der Waals surface area contributed by atoms with Gasteiger partial charge in [0.15, 0.2) is 0 Å². The minimum Gasteiger partial charge on any atom is -0.353 e. The first kappa shape index (κ1) is 25.8. The van der Waals surface area contributed by atoms with Gasteiger partial charge in [-0.15, -0.1) is 0 Å². The van der Waals surface area contributed by atoms with Crippen molar-refractivity contribution >= 4 is 34.0 Å². The number of aromatic nitrogens is 3. The Bertz CT molecular complexity index is 1700. The van der Waals surface area contributed by atoms with Crippen LogP contribution >= 0.6 is 0 Å². The average molecular weight is 532 g/mol. The zero-order chi connectivity index (χ0) is 27.5. The SMILES string of the molecule is Cn1cc(CC(F)F)c2[nH]c(-c3ccnc(NC(=O)Cc4ccc(F)cc4)c3)c(Nc3ccccc3)c2c1=O. The molecule has 3 aromatic heterocycles. The predicted molar refractivity (Wildman–Crippen MR) is 145 cm³/mol. The number of nitrogens with one attached hydrogen (secondary N) is 3. The highest BCUT2D eigenvalue weighted by Gasteiger charge is 2.22. The minimum atomic E-state index is -2.60.